The van der Waals surface area contributed by atoms with Crippen molar-refractivity contribution in [2.45, 2.75) is 25.9 Å². The standard InChI is InChI=1S/C17H20N4O2S/c1-6-24-17-18-16(19-20-17)21-10(2)7-12-8-14(22-4)15(23-5)9-13(12)11(21)3/h7-9H,6H2,1-5H3. The van der Waals surface area contributed by atoms with Gasteiger partial charge < -0.3 is 9.47 Å². The molecule has 2 aromatic heterocycles. The number of pyridine rings is 1. The molecule has 0 bridgehead atoms. The van der Waals surface area contributed by atoms with E-state index in [9.17, 15) is 0 Å². The third kappa shape index (κ3) is 2.80. The predicted molar refractivity (Wildman–Crippen MR) is 93.4 cm³/mol. The van der Waals surface area contributed by atoms with Crippen LogP contribution in [0.25, 0.3) is 16.7 Å². The summed E-state index contributed by atoms with van der Waals surface area (Å²) in [5.74, 6) is 2.93. The van der Waals surface area contributed by atoms with Crippen LogP contribution >= 0.6 is 11.8 Å². The van der Waals surface area contributed by atoms with Crippen molar-refractivity contribution in [3.05, 3.63) is 29.6 Å². The van der Waals surface area contributed by atoms with Crippen LogP contribution in [0.15, 0.2) is 23.4 Å². The molecule has 0 aliphatic carbocycles. The monoisotopic (exact) mass is 344 g/mol. The number of methoxy groups -OCH3 is 2. The maximum atomic E-state index is 5.43. The minimum atomic E-state index is 0.595. The van der Waals surface area contributed by atoms with Crippen LogP contribution in [0.5, 0.6) is 11.5 Å². The lowest BCUT2D eigenvalue weighted by molar-refractivity contribution is -0.615. The first-order valence-electron chi connectivity index (χ1n) is 7.67. The Kier molecular flexibility index (Phi) is 4.62. The van der Waals surface area contributed by atoms with Gasteiger partial charge in [0.25, 0.3) is 5.95 Å². The quantitative estimate of drug-likeness (QED) is 0.524. The molecule has 0 radical (unpaired) electrons. The third-order valence-electron chi connectivity index (χ3n) is 3.89. The average Bonchev–Trinajstić information content (AvgIpc) is 3.02. The lowest BCUT2D eigenvalue weighted by Crippen LogP contribution is -2.39. The van der Waals surface area contributed by atoms with Gasteiger partial charge in [-0.05, 0) is 43.2 Å². The normalized spacial score (nSPS) is 11.0. The van der Waals surface area contributed by atoms with Crippen molar-refractivity contribution in [3.8, 4) is 17.4 Å². The Bertz CT molecular complexity index is 892. The van der Waals surface area contributed by atoms with E-state index in [2.05, 4.69) is 28.2 Å². The smallest absolute Gasteiger partial charge is 0.256 e. The minimum absolute atomic E-state index is 0.595. The molecule has 0 unspecified atom stereocenters. The van der Waals surface area contributed by atoms with Crippen molar-refractivity contribution >= 4 is 22.5 Å². The molecule has 126 valence electrons. The topological polar surface area (TPSA) is 62.2 Å². The molecule has 0 aliphatic rings. The summed E-state index contributed by atoms with van der Waals surface area (Å²) in [5, 5.41) is 11.2. The Morgan fingerprint density at radius 2 is 1.79 bits per heavy atom. The van der Waals surface area contributed by atoms with Gasteiger partial charge in [0.1, 0.15) is 0 Å². The molecule has 1 aromatic carbocycles. The van der Waals surface area contributed by atoms with Crippen molar-refractivity contribution < 1.29 is 14.0 Å². The molecule has 2 heterocycles. The second kappa shape index (κ2) is 6.68. The summed E-state index contributed by atoms with van der Waals surface area (Å²) >= 11 is 1.58. The fourth-order valence-corrected chi connectivity index (χ4v) is 3.32. The van der Waals surface area contributed by atoms with Gasteiger partial charge in [-0.2, -0.15) is 4.98 Å². The first kappa shape index (κ1) is 16.6. The summed E-state index contributed by atoms with van der Waals surface area (Å²) in [6.45, 7) is 6.15. The zero-order valence-corrected chi connectivity index (χ0v) is 15.3. The maximum Gasteiger partial charge on any atom is 0.256 e. The summed E-state index contributed by atoms with van der Waals surface area (Å²) in [6.07, 6.45) is 0. The van der Waals surface area contributed by atoms with E-state index in [0.717, 1.165) is 33.7 Å². The number of rotatable bonds is 5. The van der Waals surface area contributed by atoms with Crippen LogP contribution in [0.3, 0.4) is 0 Å². The number of aryl methyl sites for hydroxylation is 2. The van der Waals surface area contributed by atoms with E-state index in [4.69, 9.17) is 9.47 Å². The van der Waals surface area contributed by atoms with Crippen molar-refractivity contribution in [1.82, 2.24) is 15.2 Å². The van der Waals surface area contributed by atoms with E-state index in [1.54, 1.807) is 26.0 Å². The number of thioether (sulfide) groups is 1. The number of ether oxygens (including phenoxy) is 2. The van der Waals surface area contributed by atoms with Crippen LogP contribution < -0.4 is 19.0 Å². The third-order valence-corrected chi connectivity index (χ3v) is 4.61. The molecule has 3 rings (SSSR count). The molecule has 6 nitrogen and oxygen atoms in total. The van der Waals surface area contributed by atoms with E-state index < -0.39 is 0 Å². The largest absolute Gasteiger partial charge is 0.493 e. The minimum Gasteiger partial charge on any atom is -0.493 e. The predicted octanol–water partition coefficient (Wildman–Crippen LogP) is 2.61. The fraction of sp³-hybridized carbons (Fsp3) is 0.353. The fourth-order valence-electron chi connectivity index (χ4n) is 2.81. The molecule has 0 amide bonds. The van der Waals surface area contributed by atoms with Crippen LogP contribution in [-0.2, 0) is 0 Å². The Labute approximate surface area is 145 Å². The molecule has 0 saturated carbocycles. The van der Waals surface area contributed by atoms with Crippen LogP contribution in [0, 0.1) is 13.8 Å². The van der Waals surface area contributed by atoms with Crippen LogP contribution in [0.1, 0.15) is 18.3 Å². The van der Waals surface area contributed by atoms with Crippen molar-refractivity contribution in [3.63, 3.8) is 0 Å². The van der Waals surface area contributed by atoms with Crippen molar-refractivity contribution in [2.24, 2.45) is 0 Å². The molecule has 3 aromatic rings. The molecule has 0 fully saturated rings. The summed E-state index contributed by atoms with van der Waals surface area (Å²) in [4.78, 5) is 4.52. The van der Waals surface area contributed by atoms with Crippen LogP contribution in [0.2, 0.25) is 0 Å². The summed E-state index contributed by atoms with van der Waals surface area (Å²) in [6, 6.07) is 6.06. The van der Waals surface area contributed by atoms with Crippen molar-refractivity contribution in [2.75, 3.05) is 20.0 Å². The number of fused-ring (bicyclic) bond motifs is 1. The van der Waals surface area contributed by atoms with Gasteiger partial charge in [-0.3, -0.25) is 4.57 Å². The Morgan fingerprint density at radius 1 is 1.08 bits per heavy atom. The zero-order valence-electron chi connectivity index (χ0n) is 14.5. The number of aromatic nitrogens is 4. The lowest BCUT2D eigenvalue weighted by atomic mass is 10.1. The van der Waals surface area contributed by atoms with Gasteiger partial charge in [0.2, 0.25) is 5.16 Å². The molecule has 7 heteroatoms. The first-order valence-corrected chi connectivity index (χ1v) is 8.66. The molecular formula is C17H20N4O2S. The molecule has 0 atom stereocenters. The second-order valence-electron chi connectivity index (χ2n) is 5.33. The number of hydrogen-bond acceptors (Lipinski definition) is 5. The second-order valence-corrected chi connectivity index (χ2v) is 6.56. The first-order chi connectivity index (χ1) is 11.6. The van der Waals surface area contributed by atoms with Gasteiger partial charge in [0.05, 0.1) is 14.2 Å². The number of benzene rings is 1. The van der Waals surface area contributed by atoms with Crippen molar-refractivity contribution in [1.29, 1.82) is 0 Å². The van der Waals surface area contributed by atoms with Crippen LogP contribution in [0.4, 0.5) is 0 Å². The van der Waals surface area contributed by atoms with Gasteiger partial charge >= 0.3 is 0 Å². The average molecular weight is 344 g/mol. The molecule has 0 spiro atoms. The van der Waals surface area contributed by atoms with E-state index in [1.807, 2.05) is 30.5 Å². The van der Waals surface area contributed by atoms with Gasteiger partial charge in [0.15, 0.2) is 11.5 Å². The maximum absolute atomic E-state index is 5.43. The van der Waals surface area contributed by atoms with Gasteiger partial charge in [-0.1, -0.05) is 18.7 Å². The highest BCUT2D eigenvalue weighted by Gasteiger charge is 2.15. The SMILES string of the molecule is CCSc1nnc(-[n+]2c(C)cc3cc(OC)c(OC)cc3c2C)[n-]1. The highest BCUT2D eigenvalue weighted by molar-refractivity contribution is 7.99. The van der Waals surface area contributed by atoms with Gasteiger partial charge in [-0.15, -0.1) is 10.2 Å². The summed E-state index contributed by atoms with van der Waals surface area (Å²) in [7, 11) is 3.28. The Morgan fingerprint density at radius 3 is 2.46 bits per heavy atom. The highest BCUT2D eigenvalue weighted by Crippen LogP contribution is 2.33. The summed E-state index contributed by atoms with van der Waals surface area (Å²) in [5.41, 5.74) is 2.07. The molecule has 0 aliphatic heterocycles. The number of hydrogen-bond donors (Lipinski definition) is 0. The van der Waals surface area contributed by atoms with E-state index in [0.29, 0.717) is 16.9 Å². The van der Waals surface area contributed by atoms with Gasteiger partial charge in [-0.25, -0.2) is 0 Å². The van der Waals surface area contributed by atoms with Gasteiger partial charge in [0, 0.05) is 16.8 Å². The zero-order chi connectivity index (χ0) is 17.3. The Balaban J connectivity index is 2.21. The van der Waals surface area contributed by atoms with E-state index in [-0.39, 0.29) is 0 Å². The molecule has 24 heavy (non-hydrogen) atoms. The van der Waals surface area contributed by atoms with E-state index in [1.165, 1.54) is 0 Å². The molecular weight excluding hydrogens is 324 g/mol. The number of nitrogens with zero attached hydrogens (tertiary/aromatic N) is 4. The Hall–Kier alpha value is -2.28. The lowest BCUT2D eigenvalue weighted by Gasteiger charge is -2.16. The molecule has 0 N–H and O–H groups in total. The van der Waals surface area contributed by atoms with E-state index >= 15 is 0 Å². The summed E-state index contributed by atoms with van der Waals surface area (Å²) < 4.78 is 12.8. The van der Waals surface area contributed by atoms with Crippen LogP contribution in [-0.4, -0.2) is 30.2 Å². The molecule has 0 saturated heterocycles. The highest BCUT2D eigenvalue weighted by atomic mass is 32.2.